The van der Waals surface area contributed by atoms with Crippen LogP contribution < -0.4 is 15.3 Å². The summed E-state index contributed by atoms with van der Waals surface area (Å²) in [5.41, 5.74) is -1.10. The lowest BCUT2D eigenvalue weighted by molar-refractivity contribution is 0.00578. The Hall–Kier alpha value is -1.75. The molecule has 6 rings (SSSR count). The van der Waals surface area contributed by atoms with Crippen LogP contribution >= 0.6 is 43.5 Å². The molecule has 0 atom stereocenters. The van der Waals surface area contributed by atoms with Gasteiger partial charge in [0, 0.05) is 61.2 Å². The molecule has 3 aromatic rings. The SMILES string of the molecule is CC1(C)OB(B2OC(C)(C)C(C)(C)O2)OC1(C)C.CCC.CN(C)c1ccc(B2OC(C)(C)C(C)(C)O2)cn1.CN(C)c1ccc(Br)cn1.Clc1ccc(Br)cn1. The molecule has 0 saturated carbocycles. The monoisotopic (exact) mass is 937 g/mol. The lowest BCUT2D eigenvalue weighted by atomic mass is 9.49. The molecule has 17 heteroatoms. The first-order chi connectivity index (χ1) is 26.0. The van der Waals surface area contributed by atoms with Gasteiger partial charge in [0.15, 0.2) is 0 Å². The van der Waals surface area contributed by atoms with Gasteiger partial charge in [-0.15, -0.1) is 0 Å². The minimum Gasteiger partial charge on any atom is -0.405 e. The summed E-state index contributed by atoms with van der Waals surface area (Å²) in [5, 5.41) is 0.521. The highest BCUT2D eigenvalue weighted by Gasteiger charge is 2.63. The molecular weight excluding hydrogens is 874 g/mol. The van der Waals surface area contributed by atoms with Crippen molar-refractivity contribution in [2.24, 2.45) is 0 Å². The Morgan fingerprint density at radius 2 is 0.825 bits per heavy atom. The average molecular weight is 940 g/mol. The van der Waals surface area contributed by atoms with Crippen molar-refractivity contribution in [3.8, 4) is 0 Å². The summed E-state index contributed by atoms with van der Waals surface area (Å²) in [4.78, 5) is 16.3. The standard InChI is InChI=1S/C13H21BN2O2.C12H24B2O4.C7H9BrN2.C5H3BrClN.C3H8/c1-12(2)13(3,4)18-14(17-12)10-7-8-11(15-9-10)16(5)6;1-9(2)10(3,4)16-13(15-9)14-17-11(5,6)12(7,8)18-14;1-10(2)7-4-3-6(8)5-9-7;6-4-1-2-5(7)8-3-4;1-3-2/h7-9H,1-6H3;1-8H3;3-5H,1-2H3;1-3H;3H2,1-2H3. The maximum Gasteiger partial charge on any atom is 0.496 e. The quantitative estimate of drug-likeness (QED) is 0.185. The van der Waals surface area contributed by atoms with E-state index in [2.05, 4.69) is 88.4 Å². The number of anilines is 2. The van der Waals surface area contributed by atoms with Gasteiger partial charge in [-0.3, -0.25) is 0 Å². The fourth-order valence-electron chi connectivity index (χ4n) is 4.77. The molecule has 57 heavy (non-hydrogen) atoms. The largest absolute Gasteiger partial charge is 0.496 e. The van der Waals surface area contributed by atoms with Crippen LogP contribution in [-0.4, -0.2) is 97.9 Å². The van der Waals surface area contributed by atoms with Crippen LogP contribution in [0.25, 0.3) is 0 Å². The van der Waals surface area contributed by atoms with Crippen molar-refractivity contribution in [2.75, 3.05) is 38.0 Å². The van der Waals surface area contributed by atoms with Gasteiger partial charge in [0.25, 0.3) is 0 Å². The summed E-state index contributed by atoms with van der Waals surface area (Å²) in [6.45, 7) is 28.7. The van der Waals surface area contributed by atoms with Gasteiger partial charge in [-0.05, 0) is 145 Å². The number of aromatic nitrogens is 3. The van der Waals surface area contributed by atoms with E-state index in [1.165, 1.54) is 6.42 Å². The van der Waals surface area contributed by atoms with E-state index in [-0.39, 0.29) is 40.7 Å². The molecule has 316 valence electrons. The zero-order chi connectivity index (χ0) is 43.8. The molecule has 0 amide bonds. The van der Waals surface area contributed by atoms with E-state index in [0.29, 0.717) is 5.15 Å². The maximum atomic E-state index is 5.97. The second-order valence-electron chi connectivity index (χ2n) is 17.4. The number of halogens is 3. The predicted molar refractivity (Wildman–Crippen MR) is 246 cm³/mol. The van der Waals surface area contributed by atoms with E-state index >= 15 is 0 Å². The second kappa shape index (κ2) is 20.7. The van der Waals surface area contributed by atoms with Crippen LogP contribution in [0.3, 0.4) is 0 Å². The van der Waals surface area contributed by atoms with Crippen LogP contribution in [0, 0.1) is 0 Å². The van der Waals surface area contributed by atoms with Crippen molar-refractivity contribution >= 4 is 81.7 Å². The van der Waals surface area contributed by atoms with Crippen molar-refractivity contribution < 1.29 is 27.9 Å². The third-order valence-electron chi connectivity index (χ3n) is 10.4. The Kier molecular flexibility index (Phi) is 18.6. The Labute approximate surface area is 366 Å². The summed E-state index contributed by atoms with van der Waals surface area (Å²) in [5.74, 6) is 1.90. The predicted octanol–water partition coefficient (Wildman–Crippen LogP) is 9.52. The fraction of sp³-hybridized carbons (Fsp3) is 0.625. The van der Waals surface area contributed by atoms with E-state index in [9.17, 15) is 0 Å². The molecule has 3 fully saturated rings. The molecule has 11 nitrogen and oxygen atoms in total. The molecule has 0 aromatic carbocycles. The van der Waals surface area contributed by atoms with Crippen LogP contribution in [0.4, 0.5) is 11.6 Å². The Morgan fingerprint density at radius 1 is 0.509 bits per heavy atom. The molecule has 0 bridgehead atoms. The van der Waals surface area contributed by atoms with Gasteiger partial charge in [0.05, 0.1) is 33.6 Å². The summed E-state index contributed by atoms with van der Waals surface area (Å²) < 4.78 is 37.8. The van der Waals surface area contributed by atoms with Gasteiger partial charge in [0.2, 0.25) is 0 Å². The first-order valence-electron chi connectivity index (χ1n) is 19.3. The summed E-state index contributed by atoms with van der Waals surface area (Å²) in [6.07, 6.45) is 6.51. The van der Waals surface area contributed by atoms with Gasteiger partial charge in [-0.2, -0.15) is 0 Å². The Bertz CT molecular complexity index is 1570. The van der Waals surface area contributed by atoms with E-state index in [1.54, 1.807) is 18.5 Å². The lowest BCUT2D eigenvalue weighted by Gasteiger charge is -2.32. The van der Waals surface area contributed by atoms with E-state index in [0.717, 1.165) is 26.0 Å². The third kappa shape index (κ3) is 14.4. The number of rotatable bonds is 4. The van der Waals surface area contributed by atoms with Crippen molar-refractivity contribution in [3.63, 3.8) is 0 Å². The maximum absolute atomic E-state index is 5.97. The zero-order valence-corrected chi connectivity index (χ0v) is 41.4. The molecule has 6 heterocycles. The first kappa shape index (κ1) is 51.4. The van der Waals surface area contributed by atoms with Gasteiger partial charge in [0.1, 0.15) is 16.8 Å². The molecule has 3 aromatic heterocycles. The topological polar surface area (TPSA) is 101 Å². The number of hydrogen-bond acceptors (Lipinski definition) is 11. The number of hydrogen-bond donors (Lipinski definition) is 0. The zero-order valence-electron chi connectivity index (χ0n) is 37.5. The highest BCUT2D eigenvalue weighted by atomic mass is 79.9. The smallest absolute Gasteiger partial charge is 0.405 e. The molecule has 3 aliphatic rings. The minimum absolute atomic E-state index is 0.308. The van der Waals surface area contributed by atoms with Crippen molar-refractivity contribution in [1.29, 1.82) is 0 Å². The minimum atomic E-state index is -0.476. The highest BCUT2D eigenvalue weighted by Crippen LogP contribution is 2.43. The van der Waals surface area contributed by atoms with Crippen molar-refractivity contribution in [3.05, 3.63) is 69.1 Å². The Balaban J connectivity index is 0.000000268. The molecule has 3 saturated heterocycles. The van der Waals surface area contributed by atoms with Crippen molar-refractivity contribution in [2.45, 2.75) is 137 Å². The summed E-state index contributed by atoms with van der Waals surface area (Å²) >= 11 is 12.0. The highest BCUT2D eigenvalue weighted by molar-refractivity contribution is 9.10. The first-order valence-corrected chi connectivity index (χ1v) is 21.2. The lowest BCUT2D eigenvalue weighted by Crippen LogP contribution is -2.41. The molecule has 0 unspecified atom stereocenters. The van der Waals surface area contributed by atoms with Gasteiger partial charge >= 0.3 is 21.1 Å². The van der Waals surface area contributed by atoms with Crippen LogP contribution in [0.5, 0.6) is 0 Å². The van der Waals surface area contributed by atoms with Crippen LogP contribution in [-0.2, 0) is 27.9 Å². The molecule has 0 N–H and O–H groups in total. The summed E-state index contributed by atoms with van der Waals surface area (Å²) in [7, 11) is 6.59. The normalized spacial score (nSPS) is 20.1. The molecule has 3 aliphatic heterocycles. The number of pyridine rings is 3. The average Bonchev–Trinajstić information content (AvgIpc) is 3.56. The summed E-state index contributed by atoms with van der Waals surface area (Å²) in [6, 6.07) is 11.5. The fourth-order valence-corrected chi connectivity index (χ4v) is 5.35. The van der Waals surface area contributed by atoms with Gasteiger partial charge in [-0.1, -0.05) is 37.9 Å². The molecule has 0 spiro atoms. The van der Waals surface area contributed by atoms with Crippen LogP contribution in [0.1, 0.15) is 103 Å². The van der Waals surface area contributed by atoms with E-state index in [1.807, 2.05) is 130 Å². The van der Waals surface area contributed by atoms with Gasteiger partial charge in [-0.25, -0.2) is 15.0 Å². The number of nitrogens with zero attached hydrogens (tertiary/aromatic N) is 5. The Morgan fingerprint density at radius 3 is 1.09 bits per heavy atom. The second-order valence-corrected chi connectivity index (χ2v) is 19.6. The molecule has 0 radical (unpaired) electrons. The van der Waals surface area contributed by atoms with Crippen LogP contribution in [0.2, 0.25) is 5.15 Å². The van der Waals surface area contributed by atoms with Crippen molar-refractivity contribution in [1.82, 2.24) is 15.0 Å². The third-order valence-corrected chi connectivity index (χ3v) is 11.5. The molecule has 0 aliphatic carbocycles. The van der Waals surface area contributed by atoms with E-state index in [4.69, 9.17) is 39.5 Å². The van der Waals surface area contributed by atoms with Gasteiger partial charge < -0.3 is 37.7 Å². The molecular formula is C40H65B3Br2ClN5O6. The van der Waals surface area contributed by atoms with Crippen LogP contribution in [0.15, 0.2) is 63.9 Å². The van der Waals surface area contributed by atoms with E-state index < -0.39 is 14.0 Å².